The second kappa shape index (κ2) is 5.72. The van der Waals surface area contributed by atoms with Crippen molar-refractivity contribution in [2.75, 3.05) is 5.33 Å². The van der Waals surface area contributed by atoms with Crippen molar-refractivity contribution in [2.45, 2.75) is 13.0 Å². The van der Waals surface area contributed by atoms with Crippen LogP contribution in [0.1, 0.15) is 11.3 Å². The van der Waals surface area contributed by atoms with Crippen molar-refractivity contribution in [3.8, 4) is 0 Å². The fourth-order valence-electron chi connectivity index (χ4n) is 1.54. The van der Waals surface area contributed by atoms with Crippen LogP contribution in [0.3, 0.4) is 0 Å². The maximum Gasteiger partial charge on any atom is 0.269 e. The number of benzene rings is 1. The highest BCUT2D eigenvalue weighted by atomic mass is 79.9. The summed E-state index contributed by atoms with van der Waals surface area (Å²) in [6.45, 7) is 0.563. The third-order valence-electron chi connectivity index (χ3n) is 2.43. The lowest BCUT2D eigenvalue weighted by molar-refractivity contribution is -0.384. The van der Waals surface area contributed by atoms with E-state index in [0.29, 0.717) is 6.54 Å². The first-order valence-corrected chi connectivity index (χ1v) is 6.49. The zero-order valence-electron chi connectivity index (χ0n) is 9.49. The second-order valence-electron chi connectivity index (χ2n) is 3.77. The molecule has 1 aromatic heterocycles. The van der Waals surface area contributed by atoms with Gasteiger partial charge in [-0.2, -0.15) is 0 Å². The molecule has 0 saturated heterocycles. The molecule has 1 heterocycles. The number of alkyl halides is 1. The van der Waals surface area contributed by atoms with Gasteiger partial charge in [0.2, 0.25) is 0 Å². The van der Waals surface area contributed by atoms with E-state index >= 15 is 0 Å². The van der Waals surface area contributed by atoms with E-state index in [1.165, 1.54) is 12.1 Å². The Hall–Kier alpha value is -1.76. The molecule has 7 heteroatoms. The van der Waals surface area contributed by atoms with Crippen LogP contribution in [0.2, 0.25) is 0 Å². The van der Waals surface area contributed by atoms with Crippen LogP contribution in [0.15, 0.2) is 30.5 Å². The Labute approximate surface area is 112 Å². The Morgan fingerprint density at radius 2 is 2.06 bits per heavy atom. The lowest BCUT2D eigenvalue weighted by Gasteiger charge is -2.00. The quantitative estimate of drug-likeness (QED) is 0.482. The highest BCUT2D eigenvalue weighted by Crippen LogP contribution is 2.12. The van der Waals surface area contributed by atoms with Crippen molar-refractivity contribution in [3.63, 3.8) is 0 Å². The largest absolute Gasteiger partial charge is 0.269 e. The monoisotopic (exact) mass is 310 g/mol. The Balaban J connectivity index is 2.06. The molecule has 0 atom stereocenters. The molecular formula is C11H11BrN4O2. The molecule has 18 heavy (non-hydrogen) atoms. The summed E-state index contributed by atoms with van der Waals surface area (Å²) >= 11 is 3.34. The Kier molecular flexibility index (Phi) is 4.03. The fraction of sp³-hybridized carbons (Fsp3) is 0.273. The number of hydrogen-bond donors (Lipinski definition) is 0. The highest BCUT2D eigenvalue weighted by Gasteiger charge is 2.05. The average molecular weight is 311 g/mol. The number of nitro benzene ring substituents is 1. The maximum atomic E-state index is 10.5. The predicted octanol–water partition coefficient (Wildman–Crippen LogP) is 2.17. The number of halogens is 1. The van der Waals surface area contributed by atoms with Gasteiger partial charge in [0.05, 0.1) is 17.2 Å². The minimum Gasteiger partial charge on any atom is -0.258 e. The second-order valence-corrected chi connectivity index (χ2v) is 4.56. The van der Waals surface area contributed by atoms with Crippen molar-refractivity contribution in [2.24, 2.45) is 0 Å². The van der Waals surface area contributed by atoms with E-state index in [-0.39, 0.29) is 5.69 Å². The van der Waals surface area contributed by atoms with Gasteiger partial charge >= 0.3 is 0 Å². The number of aromatic nitrogens is 3. The molecule has 0 fully saturated rings. The van der Waals surface area contributed by atoms with E-state index in [1.54, 1.807) is 16.8 Å². The molecule has 0 unspecified atom stereocenters. The summed E-state index contributed by atoms with van der Waals surface area (Å²) in [5.41, 5.74) is 1.97. The van der Waals surface area contributed by atoms with E-state index in [0.717, 1.165) is 23.0 Å². The Morgan fingerprint density at radius 1 is 1.33 bits per heavy atom. The summed E-state index contributed by atoms with van der Waals surface area (Å²) in [4.78, 5) is 10.1. The summed E-state index contributed by atoms with van der Waals surface area (Å²) in [5.74, 6) is 0. The van der Waals surface area contributed by atoms with Crippen LogP contribution in [0.5, 0.6) is 0 Å². The molecule has 94 valence electrons. The number of hydrogen-bond acceptors (Lipinski definition) is 4. The van der Waals surface area contributed by atoms with Gasteiger partial charge in [0.15, 0.2) is 0 Å². The first kappa shape index (κ1) is 12.7. The van der Waals surface area contributed by atoms with Crippen molar-refractivity contribution in [3.05, 3.63) is 51.8 Å². The van der Waals surface area contributed by atoms with Gasteiger partial charge in [-0.25, -0.2) is 4.68 Å². The van der Waals surface area contributed by atoms with Crippen LogP contribution in [0.25, 0.3) is 0 Å². The Morgan fingerprint density at radius 3 is 2.67 bits per heavy atom. The van der Waals surface area contributed by atoms with E-state index in [1.807, 2.05) is 6.20 Å². The molecule has 0 radical (unpaired) electrons. The molecule has 0 N–H and O–H groups in total. The predicted molar refractivity (Wildman–Crippen MR) is 69.7 cm³/mol. The van der Waals surface area contributed by atoms with Crippen LogP contribution in [0, 0.1) is 10.1 Å². The molecule has 1 aromatic carbocycles. The van der Waals surface area contributed by atoms with E-state index in [9.17, 15) is 10.1 Å². The summed E-state index contributed by atoms with van der Waals surface area (Å²) in [7, 11) is 0. The van der Waals surface area contributed by atoms with Crippen molar-refractivity contribution in [1.82, 2.24) is 15.0 Å². The third-order valence-corrected chi connectivity index (χ3v) is 2.82. The molecule has 0 spiro atoms. The molecule has 0 aliphatic heterocycles. The lowest BCUT2D eigenvalue weighted by atomic mass is 10.2. The van der Waals surface area contributed by atoms with Crippen LogP contribution < -0.4 is 0 Å². The Bertz CT molecular complexity index is 538. The average Bonchev–Trinajstić information content (AvgIpc) is 2.78. The van der Waals surface area contributed by atoms with E-state index in [4.69, 9.17) is 0 Å². The topological polar surface area (TPSA) is 73.8 Å². The van der Waals surface area contributed by atoms with Gasteiger partial charge in [0.25, 0.3) is 5.69 Å². The first-order chi connectivity index (χ1) is 8.69. The van der Waals surface area contributed by atoms with Crippen LogP contribution in [-0.4, -0.2) is 25.2 Å². The van der Waals surface area contributed by atoms with Crippen molar-refractivity contribution < 1.29 is 4.92 Å². The first-order valence-electron chi connectivity index (χ1n) is 5.37. The van der Waals surface area contributed by atoms with Gasteiger partial charge < -0.3 is 0 Å². The number of rotatable bonds is 5. The molecular weight excluding hydrogens is 300 g/mol. The van der Waals surface area contributed by atoms with Gasteiger partial charge in [-0.15, -0.1) is 5.10 Å². The fourth-order valence-corrected chi connectivity index (χ4v) is 1.94. The van der Waals surface area contributed by atoms with Gasteiger partial charge in [0.1, 0.15) is 0 Å². The van der Waals surface area contributed by atoms with Gasteiger partial charge in [-0.05, 0) is 5.56 Å². The molecule has 0 aliphatic rings. The van der Waals surface area contributed by atoms with Gasteiger partial charge in [0, 0.05) is 30.1 Å². The maximum absolute atomic E-state index is 10.5. The molecule has 0 saturated carbocycles. The van der Waals surface area contributed by atoms with Crippen molar-refractivity contribution >= 4 is 21.6 Å². The molecule has 0 bridgehead atoms. The minimum atomic E-state index is -0.409. The van der Waals surface area contributed by atoms with Crippen LogP contribution >= 0.6 is 15.9 Å². The van der Waals surface area contributed by atoms with E-state index in [2.05, 4.69) is 26.2 Å². The smallest absolute Gasteiger partial charge is 0.258 e. The summed E-state index contributed by atoms with van der Waals surface area (Å²) in [6.07, 6.45) is 2.71. The molecule has 0 aliphatic carbocycles. The molecule has 0 amide bonds. The number of nitrogens with zero attached hydrogens (tertiary/aromatic N) is 4. The summed E-state index contributed by atoms with van der Waals surface area (Å²) < 4.78 is 1.72. The SMILES string of the molecule is O=[N+]([O-])c1ccc(Cn2cc(CCBr)nn2)cc1. The zero-order valence-corrected chi connectivity index (χ0v) is 11.1. The standard InChI is InChI=1S/C11H11BrN4O2/c12-6-5-10-8-15(14-13-10)7-9-1-3-11(4-2-9)16(17)18/h1-4,8H,5-7H2. The summed E-state index contributed by atoms with van der Waals surface area (Å²) in [5, 5.41) is 19.4. The minimum absolute atomic E-state index is 0.0947. The van der Waals surface area contributed by atoms with Crippen LogP contribution in [0.4, 0.5) is 5.69 Å². The highest BCUT2D eigenvalue weighted by molar-refractivity contribution is 9.09. The van der Waals surface area contributed by atoms with Gasteiger partial charge in [-0.1, -0.05) is 33.3 Å². The zero-order chi connectivity index (χ0) is 13.0. The lowest BCUT2D eigenvalue weighted by Crippen LogP contribution is -2.00. The van der Waals surface area contributed by atoms with E-state index < -0.39 is 4.92 Å². The van der Waals surface area contributed by atoms with Crippen LogP contribution in [-0.2, 0) is 13.0 Å². The number of nitro groups is 1. The molecule has 6 nitrogen and oxygen atoms in total. The number of aryl methyl sites for hydroxylation is 1. The molecule has 2 aromatic rings. The molecule has 2 rings (SSSR count). The number of non-ortho nitro benzene ring substituents is 1. The van der Waals surface area contributed by atoms with Gasteiger partial charge in [-0.3, -0.25) is 10.1 Å². The van der Waals surface area contributed by atoms with Crippen molar-refractivity contribution in [1.29, 1.82) is 0 Å². The third kappa shape index (κ3) is 3.13. The normalized spacial score (nSPS) is 10.5. The summed E-state index contributed by atoms with van der Waals surface area (Å²) in [6, 6.07) is 6.44.